The van der Waals surface area contributed by atoms with Crippen molar-refractivity contribution in [1.29, 1.82) is 0 Å². The Morgan fingerprint density at radius 1 is 1.22 bits per heavy atom. The molecule has 3 saturated heterocycles. The fourth-order valence-corrected chi connectivity index (χ4v) is 6.41. The number of rotatable bonds is 2. The second-order valence-corrected chi connectivity index (χ2v) is 9.11. The molecule has 0 radical (unpaired) electrons. The van der Waals surface area contributed by atoms with Gasteiger partial charge in [0.1, 0.15) is 6.10 Å². The van der Waals surface area contributed by atoms with Gasteiger partial charge in [-0.3, -0.25) is 4.79 Å². The molecule has 2 saturated carbocycles. The first-order valence-electron chi connectivity index (χ1n) is 9.67. The molecule has 0 aromatic heterocycles. The summed E-state index contributed by atoms with van der Waals surface area (Å²) in [6.45, 7) is 6.64. The summed E-state index contributed by atoms with van der Waals surface area (Å²) < 4.78 is 11.9. The second kappa shape index (κ2) is 4.95. The second-order valence-electron chi connectivity index (χ2n) is 9.11. The van der Waals surface area contributed by atoms with Gasteiger partial charge >= 0.3 is 5.97 Å². The summed E-state index contributed by atoms with van der Waals surface area (Å²) in [6, 6.07) is 0. The standard InChI is InChI=1S/C19H29NO3/c1-18-5-4-6-19(12-22-19)16(18)9-13-14(11-20-7-2-3-8-20)17(21)23-15(13)10-18/h13-16H,2-12H2,1H3/t13-,14+,15-,16+,18-,19+/m1/s1. The molecular formula is C19H29NO3. The van der Waals surface area contributed by atoms with Crippen LogP contribution in [-0.4, -0.2) is 48.8 Å². The van der Waals surface area contributed by atoms with Crippen LogP contribution in [0.1, 0.15) is 51.9 Å². The predicted octanol–water partition coefficient (Wildman–Crippen LogP) is 2.61. The number of fused-ring (bicyclic) bond motifs is 3. The van der Waals surface area contributed by atoms with Gasteiger partial charge in [-0.15, -0.1) is 0 Å². The number of ether oxygens (including phenoxy) is 2. The maximum Gasteiger partial charge on any atom is 0.310 e. The molecule has 0 aromatic carbocycles. The topological polar surface area (TPSA) is 42.1 Å². The van der Waals surface area contributed by atoms with E-state index in [1.165, 1.54) is 32.1 Å². The van der Waals surface area contributed by atoms with Crippen molar-refractivity contribution in [3.8, 4) is 0 Å². The minimum absolute atomic E-state index is 0.0833. The number of likely N-dealkylation sites (tertiary alicyclic amines) is 1. The Labute approximate surface area is 138 Å². The average Bonchev–Trinajstić information content (AvgIpc) is 2.97. The van der Waals surface area contributed by atoms with E-state index in [1.807, 2.05) is 0 Å². The number of hydrogen-bond acceptors (Lipinski definition) is 4. The number of carbonyl (C=O) groups excluding carboxylic acids is 1. The lowest BCUT2D eigenvalue weighted by Gasteiger charge is -2.51. The van der Waals surface area contributed by atoms with Crippen LogP contribution in [0.3, 0.4) is 0 Å². The van der Waals surface area contributed by atoms with Gasteiger partial charge in [0, 0.05) is 12.5 Å². The van der Waals surface area contributed by atoms with Gasteiger partial charge in [-0.1, -0.05) is 6.92 Å². The van der Waals surface area contributed by atoms with Crippen molar-refractivity contribution in [3.05, 3.63) is 0 Å². The Kier molecular flexibility index (Phi) is 3.17. The van der Waals surface area contributed by atoms with E-state index in [-0.39, 0.29) is 23.6 Å². The number of hydrogen-bond donors (Lipinski definition) is 0. The fraction of sp³-hybridized carbons (Fsp3) is 0.947. The summed E-state index contributed by atoms with van der Waals surface area (Å²) in [6.07, 6.45) is 8.74. The van der Waals surface area contributed by atoms with Crippen LogP contribution in [0.4, 0.5) is 0 Å². The van der Waals surface area contributed by atoms with Gasteiger partial charge in [-0.05, 0) is 69.4 Å². The van der Waals surface area contributed by atoms with E-state index < -0.39 is 0 Å². The van der Waals surface area contributed by atoms with Gasteiger partial charge < -0.3 is 14.4 Å². The third-order valence-electron chi connectivity index (χ3n) is 7.73. The highest BCUT2D eigenvalue weighted by molar-refractivity contribution is 5.75. The van der Waals surface area contributed by atoms with Gasteiger partial charge in [0.15, 0.2) is 0 Å². The molecule has 0 amide bonds. The van der Waals surface area contributed by atoms with E-state index in [0.717, 1.165) is 39.1 Å². The Bertz CT molecular complexity index is 511. The minimum atomic E-state index is 0.0833. The first-order chi connectivity index (χ1) is 11.1. The van der Waals surface area contributed by atoms with Crippen molar-refractivity contribution in [2.75, 3.05) is 26.2 Å². The van der Waals surface area contributed by atoms with Crippen molar-refractivity contribution in [1.82, 2.24) is 4.90 Å². The third kappa shape index (κ3) is 2.21. The van der Waals surface area contributed by atoms with E-state index in [9.17, 15) is 4.79 Å². The predicted molar refractivity (Wildman–Crippen MR) is 85.9 cm³/mol. The van der Waals surface area contributed by atoms with Crippen molar-refractivity contribution in [2.24, 2.45) is 23.2 Å². The summed E-state index contributed by atoms with van der Waals surface area (Å²) in [4.78, 5) is 15.0. The molecular weight excluding hydrogens is 290 g/mol. The largest absolute Gasteiger partial charge is 0.462 e. The monoisotopic (exact) mass is 319 g/mol. The third-order valence-corrected chi connectivity index (χ3v) is 7.73. The van der Waals surface area contributed by atoms with Crippen LogP contribution in [0.2, 0.25) is 0 Å². The highest BCUT2D eigenvalue weighted by Gasteiger charge is 2.65. The van der Waals surface area contributed by atoms with Crippen molar-refractivity contribution < 1.29 is 14.3 Å². The van der Waals surface area contributed by atoms with E-state index in [0.29, 0.717) is 17.3 Å². The molecule has 23 heavy (non-hydrogen) atoms. The molecule has 5 aliphatic rings. The number of esters is 1. The summed E-state index contributed by atoms with van der Waals surface area (Å²) in [5.41, 5.74) is 0.487. The van der Waals surface area contributed by atoms with Crippen LogP contribution in [-0.2, 0) is 14.3 Å². The number of epoxide rings is 1. The lowest BCUT2D eigenvalue weighted by molar-refractivity contribution is -0.147. The quantitative estimate of drug-likeness (QED) is 0.579. The molecule has 0 N–H and O–H groups in total. The van der Waals surface area contributed by atoms with Crippen molar-refractivity contribution >= 4 is 5.97 Å². The van der Waals surface area contributed by atoms with Gasteiger partial charge in [0.25, 0.3) is 0 Å². The molecule has 0 unspecified atom stereocenters. The Balaban J connectivity index is 1.38. The smallest absolute Gasteiger partial charge is 0.310 e. The molecule has 128 valence electrons. The first-order valence-corrected chi connectivity index (χ1v) is 9.67. The minimum Gasteiger partial charge on any atom is -0.462 e. The van der Waals surface area contributed by atoms with Crippen LogP contribution >= 0.6 is 0 Å². The van der Waals surface area contributed by atoms with E-state index in [1.54, 1.807) is 0 Å². The van der Waals surface area contributed by atoms with E-state index >= 15 is 0 Å². The van der Waals surface area contributed by atoms with Gasteiger partial charge in [-0.2, -0.15) is 0 Å². The highest BCUT2D eigenvalue weighted by atomic mass is 16.6. The van der Waals surface area contributed by atoms with Crippen LogP contribution in [0.5, 0.6) is 0 Å². The lowest BCUT2D eigenvalue weighted by Crippen LogP contribution is -2.51. The summed E-state index contributed by atoms with van der Waals surface area (Å²) in [5.74, 6) is 1.27. The molecule has 6 atom stereocenters. The van der Waals surface area contributed by atoms with Gasteiger partial charge in [0.05, 0.1) is 18.1 Å². The Morgan fingerprint density at radius 2 is 2.00 bits per heavy atom. The number of carbonyl (C=O) groups is 1. The zero-order chi connectivity index (χ0) is 15.7. The van der Waals surface area contributed by atoms with Crippen LogP contribution in [0.15, 0.2) is 0 Å². The molecule has 1 spiro atoms. The highest BCUT2D eigenvalue weighted by Crippen LogP contribution is 2.62. The molecule has 2 aliphatic carbocycles. The van der Waals surface area contributed by atoms with Gasteiger partial charge in [0.2, 0.25) is 0 Å². The molecule has 5 rings (SSSR count). The maximum absolute atomic E-state index is 12.5. The summed E-state index contributed by atoms with van der Waals surface area (Å²) in [5, 5.41) is 0. The fourth-order valence-electron chi connectivity index (χ4n) is 6.41. The lowest BCUT2D eigenvalue weighted by atomic mass is 9.53. The van der Waals surface area contributed by atoms with E-state index in [4.69, 9.17) is 9.47 Å². The molecule has 3 heterocycles. The van der Waals surface area contributed by atoms with Crippen LogP contribution in [0.25, 0.3) is 0 Å². The Hall–Kier alpha value is -0.610. The summed E-state index contributed by atoms with van der Waals surface area (Å²) in [7, 11) is 0. The SMILES string of the molecule is C[C@]12CCC[C@]3(CO3)[C@H]1C[C@@H]1[C@H](CN3CCCC3)C(=O)O[C@@H]1C2. The van der Waals surface area contributed by atoms with Crippen LogP contribution < -0.4 is 0 Å². The summed E-state index contributed by atoms with van der Waals surface area (Å²) >= 11 is 0. The van der Waals surface area contributed by atoms with E-state index in [2.05, 4.69) is 11.8 Å². The average molecular weight is 319 g/mol. The molecule has 0 bridgehead atoms. The zero-order valence-electron chi connectivity index (χ0n) is 14.3. The molecule has 0 aromatic rings. The zero-order valence-corrected chi connectivity index (χ0v) is 14.3. The number of nitrogens with zero attached hydrogens (tertiary/aromatic N) is 1. The molecule has 4 nitrogen and oxygen atoms in total. The van der Waals surface area contributed by atoms with Crippen molar-refractivity contribution in [3.63, 3.8) is 0 Å². The molecule has 3 aliphatic heterocycles. The van der Waals surface area contributed by atoms with Gasteiger partial charge in [-0.25, -0.2) is 0 Å². The Morgan fingerprint density at radius 3 is 2.74 bits per heavy atom. The molecule has 4 heteroatoms. The molecule has 5 fully saturated rings. The maximum atomic E-state index is 12.5. The van der Waals surface area contributed by atoms with Crippen LogP contribution in [0, 0.1) is 23.2 Å². The first kappa shape index (κ1) is 14.7. The van der Waals surface area contributed by atoms with Crippen molar-refractivity contribution in [2.45, 2.75) is 63.6 Å². The normalized spacial score (nSPS) is 52.3.